The first kappa shape index (κ1) is 22.0. The summed E-state index contributed by atoms with van der Waals surface area (Å²) in [6.07, 6.45) is 2.97. The minimum Gasteiger partial charge on any atom is -0.345 e. The lowest BCUT2D eigenvalue weighted by atomic mass is 10.1. The van der Waals surface area contributed by atoms with Gasteiger partial charge in [0.05, 0.1) is 34.3 Å². The molecule has 1 fully saturated rings. The minimum atomic E-state index is -0.517. The van der Waals surface area contributed by atoms with Crippen LogP contribution in [0.3, 0.4) is 0 Å². The predicted molar refractivity (Wildman–Crippen MR) is 136 cm³/mol. The lowest BCUT2D eigenvalue weighted by Crippen LogP contribution is -2.41. The summed E-state index contributed by atoms with van der Waals surface area (Å²) in [5.74, 6) is -0.393. The number of hydrogen-bond acceptors (Lipinski definition) is 5. The van der Waals surface area contributed by atoms with Crippen molar-refractivity contribution in [2.75, 3.05) is 5.32 Å². The van der Waals surface area contributed by atoms with Crippen LogP contribution in [0.5, 0.6) is 0 Å². The second-order valence-corrected chi connectivity index (χ2v) is 9.30. The average Bonchev–Trinajstić information content (AvgIpc) is 3.57. The van der Waals surface area contributed by atoms with Crippen molar-refractivity contribution in [3.05, 3.63) is 90.9 Å². The van der Waals surface area contributed by atoms with Gasteiger partial charge in [-0.1, -0.05) is 6.07 Å². The van der Waals surface area contributed by atoms with Crippen LogP contribution >= 0.6 is 0 Å². The molecule has 36 heavy (non-hydrogen) atoms. The maximum Gasteiger partial charge on any atom is 0.336 e. The van der Waals surface area contributed by atoms with Crippen molar-refractivity contribution >= 4 is 33.4 Å². The molecule has 1 aliphatic carbocycles. The topological polar surface area (TPSA) is 107 Å². The summed E-state index contributed by atoms with van der Waals surface area (Å²) in [7, 11) is 1.52. The van der Waals surface area contributed by atoms with Gasteiger partial charge in [0, 0.05) is 18.7 Å². The van der Waals surface area contributed by atoms with Gasteiger partial charge in [-0.05, 0) is 62.6 Å². The zero-order valence-electron chi connectivity index (χ0n) is 19.9. The number of nitrogens with one attached hydrogen (secondary N) is 2. The average molecular weight is 487 g/mol. The van der Waals surface area contributed by atoms with Gasteiger partial charge in [-0.3, -0.25) is 23.3 Å². The molecule has 1 saturated carbocycles. The van der Waals surface area contributed by atoms with Crippen molar-refractivity contribution in [1.29, 1.82) is 0 Å². The third-order valence-electron chi connectivity index (χ3n) is 6.80. The Hall–Kier alpha value is -4.47. The number of aromatic nitrogens is 5. The molecule has 1 aliphatic rings. The third kappa shape index (κ3) is 3.21. The van der Waals surface area contributed by atoms with Crippen LogP contribution in [0.25, 0.3) is 27.6 Å². The molecule has 0 unspecified atom stereocenters. The van der Waals surface area contributed by atoms with Gasteiger partial charge < -0.3 is 10.3 Å². The summed E-state index contributed by atoms with van der Waals surface area (Å²) in [4.78, 5) is 48.2. The van der Waals surface area contributed by atoms with E-state index in [4.69, 9.17) is 0 Å². The maximum absolute atomic E-state index is 14.8. The fourth-order valence-electron chi connectivity index (χ4n) is 4.77. The van der Waals surface area contributed by atoms with Gasteiger partial charge >= 0.3 is 5.69 Å². The van der Waals surface area contributed by atoms with E-state index in [-0.39, 0.29) is 34.0 Å². The highest BCUT2D eigenvalue weighted by Crippen LogP contribution is 2.34. The number of pyridine rings is 1. The quantitative estimate of drug-likeness (QED) is 0.404. The molecule has 6 rings (SSSR count). The van der Waals surface area contributed by atoms with Gasteiger partial charge in [0.15, 0.2) is 0 Å². The number of aromatic amines is 1. The summed E-state index contributed by atoms with van der Waals surface area (Å²) in [5, 5.41) is 3.12. The first-order valence-electron chi connectivity index (χ1n) is 11.6. The summed E-state index contributed by atoms with van der Waals surface area (Å²) in [5.41, 5.74) is 1.77. The van der Waals surface area contributed by atoms with Crippen LogP contribution in [-0.2, 0) is 7.05 Å². The molecule has 0 saturated heterocycles. The van der Waals surface area contributed by atoms with Crippen molar-refractivity contribution in [3.8, 4) is 5.69 Å². The molecule has 182 valence electrons. The van der Waals surface area contributed by atoms with Crippen LogP contribution in [0.4, 0.5) is 15.9 Å². The van der Waals surface area contributed by atoms with Gasteiger partial charge in [0.2, 0.25) is 0 Å². The Morgan fingerprint density at radius 1 is 1.06 bits per heavy atom. The second-order valence-electron chi connectivity index (χ2n) is 9.30. The Morgan fingerprint density at radius 3 is 2.56 bits per heavy atom. The summed E-state index contributed by atoms with van der Waals surface area (Å²) >= 11 is 0. The van der Waals surface area contributed by atoms with Crippen LogP contribution < -0.4 is 22.1 Å². The smallest absolute Gasteiger partial charge is 0.336 e. The normalized spacial score (nSPS) is 13.6. The van der Waals surface area contributed by atoms with E-state index >= 15 is 0 Å². The highest BCUT2D eigenvalue weighted by atomic mass is 19.1. The van der Waals surface area contributed by atoms with E-state index in [1.54, 1.807) is 50.5 Å². The molecule has 10 heteroatoms. The number of imidazole rings is 1. The number of H-pyrrole nitrogens is 1. The monoisotopic (exact) mass is 486 g/mol. The van der Waals surface area contributed by atoms with Crippen molar-refractivity contribution < 1.29 is 4.39 Å². The molecule has 5 aromatic rings. The largest absolute Gasteiger partial charge is 0.345 e. The molecule has 0 radical (unpaired) electrons. The first-order valence-corrected chi connectivity index (χ1v) is 11.6. The van der Waals surface area contributed by atoms with E-state index in [2.05, 4.69) is 15.3 Å². The molecule has 3 aromatic heterocycles. The Labute approximate surface area is 203 Å². The molecule has 9 nitrogen and oxygen atoms in total. The van der Waals surface area contributed by atoms with Crippen LogP contribution in [0.1, 0.15) is 30.0 Å². The van der Waals surface area contributed by atoms with Gasteiger partial charge in [-0.25, -0.2) is 14.2 Å². The SMILES string of the molecule is Cc1ccc(Nc2c3c(=O)n(C4CC4)c(=O)n(-c4ccc5nc[nH]c5c4)c3c(C)c(=O)n2C)c(F)c1. The van der Waals surface area contributed by atoms with Gasteiger partial charge in [0.25, 0.3) is 11.1 Å². The Morgan fingerprint density at radius 2 is 1.83 bits per heavy atom. The molecule has 3 heterocycles. The van der Waals surface area contributed by atoms with E-state index in [0.717, 1.165) is 11.1 Å². The number of hydrogen-bond donors (Lipinski definition) is 2. The van der Waals surface area contributed by atoms with Crippen LogP contribution in [-0.4, -0.2) is 23.7 Å². The highest BCUT2D eigenvalue weighted by molar-refractivity contribution is 5.94. The third-order valence-corrected chi connectivity index (χ3v) is 6.80. The lowest BCUT2D eigenvalue weighted by molar-refractivity contribution is 0.630. The van der Waals surface area contributed by atoms with Gasteiger partial charge in [-0.15, -0.1) is 0 Å². The highest BCUT2D eigenvalue weighted by Gasteiger charge is 2.31. The number of fused-ring (bicyclic) bond motifs is 2. The van der Waals surface area contributed by atoms with Crippen molar-refractivity contribution in [1.82, 2.24) is 23.7 Å². The van der Waals surface area contributed by atoms with Gasteiger partial charge in [-0.2, -0.15) is 0 Å². The van der Waals surface area contributed by atoms with Crippen molar-refractivity contribution in [3.63, 3.8) is 0 Å². The van der Waals surface area contributed by atoms with E-state index in [1.165, 1.54) is 26.8 Å². The number of anilines is 2. The Balaban J connectivity index is 1.76. The van der Waals surface area contributed by atoms with Crippen molar-refractivity contribution in [2.24, 2.45) is 7.05 Å². The van der Waals surface area contributed by atoms with Crippen LogP contribution in [0, 0.1) is 19.7 Å². The van der Waals surface area contributed by atoms with Crippen LogP contribution in [0.2, 0.25) is 0 Å². The summed E-state index contributed by atoms with van der Waals surface area (Å²) in [6, 6.07) is 9.69. The fourth-order valence-corrected chi connectivity index (χ4v) is 4.77. The van der Waals surface area contributed by atoms with E-state index in [1.807, 2.05) is 0 Å². The molecular formula is C26H23FN6O3. The van der Waals surface area contributed by atoms with E-state index in [0.29, 0.717) is 24.0 Å². The van der Waals surface area contributed by atoms with E-state index in [9.17, 15) is 18.8 Å². The number of benzene rings is 2. The van der Waals surface area contributed by atoms with Crippen molar-refractivity contribution in [2.45, 2.75) is 32.7 Å². The fraction of sp³-hybridized carbons (Fsp3) is 0.231. The molecule has 0 bridgehead atoms. The van der Waals surface area contributed by atoms with Crippen LogP contribution in [0.15, 0.2) is 57.1 Å². The second kappa shape index (κ2) is 7.77. The molecule has 0 spiro atoms. The van der Waals surface area contributed by atoms with E-state index < -0.39 is 22.6 Å². The molecular weight excluding hydrogens is 463 g/mol. The Bertz CT molecular complexity index is 1890. The lowest BCUT2D eigenvalue weighted by Gasteiger charge is -2.20. The van der Waals surface area contributed by atoms with Gasteiger partial charge in [0.1, 0.15) is 17.0 Å². The number of rotatable bonds is 4. The molecule has 2 aromatic carbocycles. The number of nitrogens with zero attached hydrogens (tertiary/aromatic N) is 4. The minimum absolute atomic E-state index is 0.120. The predicted octanol–water partition coefficient (Wildman–Crippen LogP) is 3.56. The molecule has 0 amide bonds. The molecule has 0 aliphatic heterocycles. The number of halogens is 1. The molecule has 0 atom stereocenters. The first-order chi connectivity index (χ1) is 17.3. The zero-order valence-corrected chi connectivity index (χ0v) is 19.9. The molecule has 2 N–H and O–H groups in total. The Kier molecular flexibility index (Phi) is 4.75. The summed E-state index contributed by atoms with van der Waals surface area (Å²) in [6.45, 7) is 3.36. The number of aryl methyl sites for hydroxylation is 2. The maximum atomic E-state index is 14.8. The zero-order chi connectivity index (χ0) is 25.3. The standard InChI is InChI=1S/C26H23FN6O3/c1-13-4-8-18(17(27)10-13)30-23-21-22(14(2)24(34)31(23)3)32(26(36)33(25(21)35)15-5-6-15)16-7-9-19-20(11-16)29-12-28-19/h4,7-12,15,30H,5-6H2,1-3H3,(H,28,29). The summed E-state index contributed by atoms with van der Waals surface area (Å²) < 4.78 is 18.7.